The number of para-hydroxylation sites is 1. The lowest BCUT2D eigenvalue weighted by Crippen LogP contribution is -2.02. The van der Waals surface area contributed by atoms with Crippen LogP contribution in [-0.4, -0.2) is 20.9 Å². The molecular formula is C11H12N2O2. The Labute approximate surface area is 87.1 Å². The first-order chi connectivity index (χ1) is 7.24. The molecule has 0 fully saturated rings. The lowest BCUT2D eigenvalue weighted by molar-refractivity contribution is 0.0691. The van der Waals surface area contributed by atoms with Gasteiger partial charge in [-0.25, -0.2) is 4.79 Å². The van der Waals surface area contributed by atoms with Crippen molar-refractivity contribution in [3.63, 3.8) is 0 Å². The molecule has 15 heavy (non-hydrogen) atoms. The van der Waals surface area contributed by atoms with Crippen LogP contribution in [0, 0.1) is 0 Å². The van der Waals surface area contributed by atoms with Gasteiger partial charge in [-0.2, -0.15) is 5.10 Å². The summed E-state index contributed by atoms with van der Waals surface area (Å²) in [6.07, 6.45) is 0.935. The predicted octanol–water partition coefficient (Wildman–Crippen LogP) is 2.14. The summed E-state index contributed by atoms with van der Waals surface area (Å²) < 4.78 is 1.75. The second kappa shape index (κ2) is 3.73. The van der Waals surface area contributed by atoms with Crippen molar-refractivity contribution < 1.29 is 9.90 Å². The standard InChI is InChI=1S/C11H12N2O2/c1-2-7-13-9-6-4-3-5-8(9)10(12-13)11(14)15/h3-6H,2,7H2,1H3,(H,14,15). The maximum atomic E-state index is 11.0. The smallest absolute Gasteiger partial charge is 0.357 e. The van der Waals surface area contributed by atoms with E-state index in [1.807, 2.05) is 25.1 Å². The molecular weight excluding hydrogens is 192 g/mol. The number of hydrogen-bond acceptors (Lipinski definition) is 2. The van der Waals surface area contributed by atoms with Crippen LogP contribution in [0.2, 0.25) is 0 Å². The number of hydrogen-bond donors (Lipinski definition) is 1. The molecule has 0 saturated heterocycles. The third-order valence-electron chi connectivity index (χ3n) is 2.30. The molecule has 4 nitrogen and oxygen atoms in total. The summed E-state index contributed by atoms with van der Waals surface area (Å²) in [6, 6.07) is 7.40. The van der Waals surface area contributed by atoms with Gasteiger partial charge in [0.15, 0.2) is 5.69 Å². The van der Waals surface area contributed by atoms with Gasteiger partial charge in [0, 0.05) is 11.9 Å². The van der Waals surface area contributed by atoms with Gasteiger partial charge in [-0.3, -0.25) is 4.68 Å². The lowest BCUT2D eigenvalue weighted by Gasteiger charge is -1.98. The van der Waals surface area contributed by atoms with Crippen LogP contribution in [0.25, 0.3) is 10.9 Å². The van der Waals surface area contributed by atoms with E-state index in [4.69, 9.17) is 5.11 Å². The molecule has 0 radical (unpaired) electrons. The van der Waals surface area contributed by atoms with Crippen LogP contribution in [0.4, 0.5) is 0 Å². The van der Waals surface area contributed by atoms with E-state index in [1.165, 1.54) is 0 Å². The summed E-state index contributed by atoms with van der Waals surface area (Å²) >= 11 is 0. The van der Waals surface area contributed by atoms with Gasteiger partial charge >= 0.3 is 5.97 Å². The van der Waals surface area contributed by atoms with Crippen molar-refractivity contribution in [1.82, 2.24) is 9.78 Å². The second-order valence-electron chi connectivity index (χ2n) is 3.39. The van der Waals surface area contributed by atoms with E-state index < -0.39 is 5.97 Å². The number of aromatic carboxylic acids is 1. The zero-order chi connectivity index (χ0) is 10.8. The fourth-order valence-electron chi connectivity index (χ4n) is 1.67. The van der Waals surface area contributed by atoms with Crippen LogP contribution < -0.4 is 0 Å². The average Bonchev–Trinajstić information content (AvgIpc) is 2.59. The quantitative estimate of drug-likeness (QED) is 0.833. The van der Waals surface area contributed by atoms with Gasteiger partial charge in [0.25, 0.3) is 0 Å². The number of carboxylic acids is 1. The van der Waals surface area contributed by atoms with E-state index in [0.29, 0.717) is 5.39 Å². The molecule has 0 bridgehead atoms. The molecule has 1 heterocycles. The molecule has 2 aromatic rings. The van der Waals surface area contributed by atoms with E-state index in [9.17, 15) is 4.79 Å². The number of benzene rings is 1. The monoisotopic (exact) mass is 204 g/mol. The number of aryl methyl sites for hydroxylation is 1. The normalized spacial score (nSPS) is 10.7. The highest BCUT2D eigenvalue weighted by atomic mass is 16.4. The molecule has 0 aliphatic heterocycles. The van der Waals surface area contributed by atoms with Crippen molar-refractivity contribution in [2.45, 2.75) is 19.9 Å². The zero-order valence-electron chi connectivity index (χ0n) is 8.47. The van der Waals surface area contributed by atoms with Gasteiger partial charge in [0.2, 0.25) is 0 Å². The number of fused-ring (bicyclic) bond motifs is 1. The number of rotatable bonds is 3. The van der Waals surface area contributed by atoms with Crippen molar-refractivity contribution in [2.75, 3.05) is 0 Å². The first-order valence-electron chi connectivity index (χ1n) is 4.93. The van der Waals surface area contributed by atoms with Crippen LogP contribution >= 0.6 is 0 Å². The largest absolute Gasteiger partial charge is 0.476 e. The van der Waals surface area contributed by atoms with E-state index >= 15 is 0 Å². The molecule has 1 aromatic heterocycles. The molecule has 2 rings (SSSR count). The molecule has 4 heteroatoms. The number of carbonyl (C=O) groups is 1. The van der Waals surface area contributed by atoms with Gasteiger partial charge in [0.1, 0.15) is 0 Å². The molecule has 0 unspecified atom stereocenters. The van der Waals surface area contributed by atoms with Gasteiger partial charge in [-0.15, -0.1) is 0 Å². The number of nitrogens with zero attached hydrogens (tertiary/aromatic N) is 2. The first-order valence-corrected chi connectivity index (χ1v) is 4.93. The lowest BCUT2D eigenvalue weighted by atomic mass is 10.2. The fourth-order valence-corrected chi connectivity index (χ4v) is 1.67. The van der Waals surface area contributed by atoms with Crippen LogP contribution in [0.3, 0.4) is 0 Å². The minimum absolute atomic E-state index is 0.138. The van der Waals surface area contributed by atoms with E-state index in [2.05, 4.69) is 5.10 Å². The van der Waals surface area contributed by atoms with E-state index in [0.717, 1.165) is 18.5 Å². The maximum Gasteiger partial charge on any atom is 0.357 e. The predicted molar refractivity (Wildman–Crippen MR) is 57.0 cm³/mol. The van der Waals surface area contributed by atoms with Gasteiger partial charge in [-0.1, -0.05) is 25.1 Å². The Balaban J connectivity index is 2.67. The summed E-state index contributed by atoms with van der Waals surface area (Å²) in [5.74, 6) is -0.971. The Bertz CT molecular complexity index is 502. The first kappa shape index (κ1) is 9.71. The highest BCUT2D eigenvalue weighted by molar-refractivity contribution is 6.01. The molecule has 78 valence electrons. The Morgan fingerprint density at radius 3 is 2.87 bits per heavy atom. The third kappa shape index (κ3) is 1.58. The van der Waals surface area contributed by atoms with Gasteiger partial charge in [0.05, 0.1) is 5.52 Å². The van der Waals surface area contributed by atoms with Crippen molar-refractivity contribution in [2.24, 2.45) is 0 Å². The summed E-state index contributed by atoms with van der Waals surface area (Å²) in [5, 5.41) is 13.8. The SMILES string of the molecule is CCCn1nc(C(=O)O)c2ccccc21. The van der Waals surface area contributed by atoms with Crippen LogP contribution in [0.15, 0.2) is 24.3 Å². The summed E-state index contributed by atoms with van der Waals surface area (Å²) in [7, 11) is 0. The third-order valence-corrected chi connectivity index (χ3v) is 2.30. The Kier molecular flexibility index (Phi) is 2.41. The van der Waals surface area contributed by atoms with Gasteiger partial charge in [-0.05, 0) is 12.5 Å². The maximum absolute atomic E-state index is 11.0. The zero-order valence-corrected chi connectivity index (χ0v) is 8.47. The average molecular weight is 204 g/mol. The van der Waals surface area contributed by atoms with Crippen LogP contribution in [0.1, 0.15) is 23.8 Å². The summed E-state index contributed by atoms with van der Waals surface area (Å²) in [5.41, 5.74) is 1.02. The second-order valence-corrected chi connectivity index (χ2v) is 3.39. The molecule has 0 atom stereocenters. The Morgan fingerprint density at radius 2 is 2.20 bits per heavy atom. The number of carboxylic acid groups (broad SMARTS) is 1. The topological polar surface area (TPSA) is 55.1 Å². The molecule has 0 aliphatic carbocycles. The van der Waals surface area contributed by atoms with Crippen molar-refractivity contribution >= 4 is 16.9 Å². The Morgan fingerprint density at radius 1 is 1.47 bits per heavy atom. The molecule has 0 aliphatic rings. The molecule has 0 amide bonds. The summed E-state index contributed by atoms with van der Waals surface area (Å²) in [4.78, 5) is 11.0. The highest BCUT2D eigenvalue weighted by Gasteiger charge is 2.14. The molecule has 1 N–H and O–H groups in total. The molecule has 1 aromatic carbocycles. The molecule has 0 saturated carbocycles. The van der Waals surface area contributed by atoms with Gasteiger partial charge < -0.3 is 5.11 Å². The molecule has 0 spiro atoms. The fraction of sp³-hybridized carbons (Fsp3) is 0.273. The van der Waals surface area contributed by atoms with Crippen LogP contribution in [-0.2, 0) is 6.54 Å². The van der Waals surface area contributed by atoms with Crippen molar-refractivity contribution in [3.05, 3.63) is 30.0 Å². The minimum atomic E-state index is -0.971. The Hall–Kier alpha value is -1.84. The van der Waals surface area contributed by atoms with Crippen LogP contribution in [0.5, 0.6) is 0 Å². The minimum Gasteiger partial charge on any atom is -0.476 e. The van der Waals surface area contributed by atoms with Crippen molar-refractivity contribution in [3.8, 4) is 0 Å². The van der Waals surface area contributed by atoms with E-state index in [-0.39, 0.29) is 5.69 Å². The van der Waals surface area contributed by atoms with Crippen molar-refractivity contribution in [1.29, 1.82) is 0 Å². The number of aromatic nitrogens is 2. The summed E-state index contributed by atoms with van der Waals surface area (Å²) in [6.45, 7) is 2.78. The highest BCUT2D eigenvalue weighted by Crippen LogP contribution is 2.18. The van der Waals surface area contributed by atoms with E-state index in [1.54, 1.807) is 10.7 Å².